The van der Waals surface area contributed by atoms with E-state index in [1.165, 1.54) is 12.8 Å². The van der Waals surface area contributed by atoms with E-state index in [0.29, 0.717) is 6.42 Å². The molecule has 0 aromatic carbocycles. The third-order valence-corrected chi connectivity index (χ3v) is 3.31. The molecule has 0 aliphatic carbocycles. The molecule has 0 aromatic rings. The van der Waals surface area contributed by atoms with Crippen molar-refractivity contribution >= 4 is 0 Å². The number of aliphatic hydroxyl groups is 2. The van der Waals surface area contributed by atoms with Gasteiger partial charge in [-0.25, -0.2) is 0 Å². The maximum Gasteiger partial charge on any atom is 0.0562 e. The van der Waals surface area contributed by atoms with Crippen molar-refractivity contribution in [2.24, 2.45) is 11.8 Å². The number of hydrogen-bond donors (Lipinski definition) is 2. The molecule has 0 rings (SSSR count). The molecule has 0 amide bonds. The molecule has 14 heavy (non-hydrogen) atoms. The zero-order chi connectivity index (χ0) is 11.0. The Hall–Kier alpha value is -0.0800. The van der Waals surface area contributed by atoms with Crippen LogP contribution in [0, 0.1) is 11.8 Å². The Balaban J connectivity index is 3.71. The van der Waals surface area contributed by atoms with Crippen LogP contribution in [0.3, 0.4) is 0 Å². The lowest BCUT2D eigenvalue weighted by molar-refractivity contribution is 0.113. The second kappa shape index (κ2) is 8.25. The average Bonchev–Trinajstić information content (AvgIpc) is 2.18. The zero-order valence-corrected chi connectivity index (χ0v) is 9.87. The highest BCUT2D eigenvalue weighted by atomic mass is 16.3. The molecule has 0 spiro atoms. The van der Waals surface area contributed by atoms with Gasteiger partial charge in [-0.05, 0) is 31.1 Å². The Kier molecular flexibility index (Phi) is 8.20. The van der Waals surface area contributed by atoms with Gasteiger partial charge >= 0.3 is 0 Å². The van der Waals surface area contributed by atoms with Gasteiger partial charge < -0.3 is 10.2 Å². The lowest BCUT2D eigenvalue weighted by Crippen LogP contribution is -2.15. The predicted octanol–water partition coefficient (Wildman–Crippen LogP) is 2.58. The van der Waals surface area contributed by atoms with E-state index in [2.05, 4.69) is 20.8 Å². The molecule has 3 unspecified atom stereocenters. The highest BCUT2D eigenvalue weighted by Crippen LogP contribution is 2.24. The van der Waals surface area contributed by atoms with Crippen molar-refractivity contribution in [3.63, 3.8) is 0 Å². The van der Waals surface area contributed by atoms with Crippen molar-refractivity contribution < 1.29 is 10.2 Å². The highest BCUT2D eigenvalue weighted by Gasteiger charge is 2.15. The standard InChI is InChI=1S/C12H26O2/c1-4-10(3)11(5-2)6-7-12(14)8-9-13/h10-14H,4-9H2,1-3H3. The van der Waals surface area contributed by atoms with E-state index >= 15 is 0 Å². The van der Waals surface area contributed by atoms with E-state index in [1.807, 2.05) is 0 Å². The number of aliphatic hydroxyl groups excluding tert-OH is 2. The summed E-state index contributed by atoms with van der Waals surface area (Å²) in [5.41, 5.74) is 0. The first-order valence-corrected chi connectivity index (χ1v) is 5.94. The molecule has 0 fully saturated rings. The lowest BCUT2D eigenvalue weighted by Gasteiger charge is -2.22. The molecular formula is C12H26O2. The molecule has 0 saturated heterocycles. The van der Waals surface area contributed by atoms with Crippen molar-refractivity contribution in [3.05, 3.63) is 0 Å². The molecule has 0 saturated carbocycles. The van der Waals surface area contributed by atoms with Crippen LogP contribution in [0.15, 0.2) is 0 Å². The summed E-state index contributed by atoms with van der Waals surface area (Å²) >= 11 is 0. The molecule has 2 nitrogen and oxygen atoms in total. The van der Waals surface area contributed by atoms with E-state index in [9.17, 15) is 5.11 Å². The fraction of sp³-hybridized carbons (Fsp3) is 1.00. The van der Waals surface area contributed by atoms with Crippen LogP contribution in [0.2, 0.25) is 0 Å². The van der Waals surface area contributed by atoms with Gasteiger partial charge in [-0.2, -0.15) is 0 Å². The lowest BCUT2D eigenvalue weighted by atomic mass is 9.85. The van der Waals surface area contributed by atoms with Gasteiger partial charge in [0.15, 0.2) is 0 Å². The van der Waals surface area contributed by atoms with Gasteiger partial charge in [0.1, 0.15) is 0 Å². The van der Waals surface area contributed by atoms with E-state index in [4.69, 9.17) is 5.11 Å². The molecule has 0 aliphatic heterocycles. The first-order valence-electron chi connectivity index (χ1n) is 5.94. The Morgan fingerprint density at radius 2 is 1.64 bits per heavy atom. The summed E-state index contributed by atoms with van der Waals surface area (Å²) in [6.07, 6.45) is 4.56. The van der Waals surface area contributed by atoms with Gasteiger partial charge in [0.05, 0.1) is 6.10 Å². The van der Waals surface area contributed by atoms with Crippen molar-refractivity contribution in [2.45, 2.75) is 59.0 Å². The molecule has 86 valence electrons. The molecule has 2 N–H and O–H groups in total. The number of hydrogen-bond acceptors (Lipinski definition) is 2. The van der Waals surface area contributed by atoms with Crippen LogP contribution in [0.1, 0.15) is 52.9 Å². The van der Waals surface area contributed by atoms with Crippen LogP contribution < -0.4 is 0 Å². The first-order chi connectivity index (χ1) is 6.65. The minimum absolute atomic E-state index is 0.0985. The Labute approximate surface area is 88.3 Å². The Bertz CT molecular complexity index is 125. The summed E-state index contributed by atoms with van der Waals surface area (Å²) in [5, 5.41) is 18.1. The van der Waals surface area contributed by atoms with Gasteiger partial charge in [0, 0.05) is 6.61 Å². The van der Waals surface area contributed by atoms with Gasteiger partial charge in [0.2, 0.25) is 0 Å². The Morgan fingerprint density at radius 3 is 2.07 bits per heavy atom. The normalized spacial score (nSPS) is 17.8. The fourth-order valence-electron chi connectivity index (χ4n) is 1.92. The summed E-state index contributed by atoms with van der Waals surface area (Å²) in [4.78, 5) is 0. The maximum absolute atomic E-state index is 9.49. The summed E-state index contributed by atoms with van der Waals surface area (Å²) < 4.78 is 0. The maximum atomic E-state index is 9.49. The van der Waals surface area contributed by atoms with Crippen LogP contribution in [0.4, 0.5) is 0 Å². The number of rotatable bonds is 8. The van der Waals surface area contributed by atoms with Crippen molar-refractivity contribution in [3.8, 4) is 0 Å². The molecule has 0 radical (unpaired) electrons. The van der Waals surface area contributed by atoms with E-state index in [1.54, 1.807) is 0 Å². The Morgan fingerprint density at radius 1 is 1.00 bits per heavy atom. The van der Waals surface area contributed by atoms with Crippen LogP contribution in [0.25, 0.3) is 0 Å². The minimum atomic E-state index is -0.307. The first kappa shape index (κ1) is 13.9. The molecule has 0 aromatic heterocycles. The van der Waals surface area contributed by atoms with E-state index in [0.717, 1.165) is 24.7 Å². The molecule has 0 heterocycles. The van der Waals surface area contributed by atoms with Gasteiger partial charge in [0.25, 0.3) is 0 Å². The van der Waals surface area contributed by atoms with Crippen LogP contribution in [-0.2, 0) is 0 Å². The quantitative estimate of drug-likeness (QED) is 0.635. The van der Waals surface area contributed by atoms with Gasteiger partial charge in [-0.15, -0.1) is 0 Å². The summed E-state index contributed by atoms with van der Waals surface area (Å²) in [7, 11) is 0. The van der Waals surface area contributed by atoms with Crippen molar-refractivity contribution in [1.29, 1.82) is 0 Å². The summed E-state index contributed by atoms with van der Waals surface area (Å²) in [6.45, 7) is 6.82. The monoisotopic (exact) mass is 202 g/mol. The predicted molar refractivity (Wildman–Crippen MR) is 60.2 cm³/mol. The van der Waals surface area contributed by atoms with E-state index < -0.39 is 0 Å². The summed E-state index contributed by atoms with van der Waals surface area (Å²) in [5.74, 6) is 1.48. The molecule has 3 atom stereocenters. The summed E-state index contributed by atoms with van der Waals surface area (Å²) in [6, 6.07) is 0. The third-order valence-electron chi connectivity index (χ3n) is 3.31. The topological polar surface area (TPSA) is 40.5 Å². The fourth-order valence-corrected chi connectivity index (χ4v) is 1.92. The third kappa shape index (κ3) is 5.61. The smallest absolute Gasteiger partial charge is 0.0562 e. The second-order valence-electron chi connectivity index (χ2n) is 4.30. The van der Waals surface area contributed by atoms with Crippen LogP contribution in [0.5, 0.6) is 0 Å². The zero-order valence-electron chi connectivity index (χ0n) is 9.87. The molecule has 0 bridgehead atoms. The second-order valence-corrected chi connectivity index (χ2v) is 4.30. The SMILES string of the molecule is CCC(C)C(CC)CCC(O)CCO. The molecular weight excluding hydrogens is 176 g/mol. The minimum Gasteiger partial charge on any atom is -0.396 e. The van der Waals surface area contributed by atoms with Gasteiger partial charge in [-0.3, -0.25) is 0 Å². The van der Waals surface area contributed by atoms with Crippen molar-refractivity contribution in [2.75, 3.05) is 6.61 Å². The molecule has 2 heteroatoms. The van der Waals surface area contributed by atoms with Crippen LogP contribution in [-0.4, -0.2) is 22.9 Å². The van der Waals surface area contributed by atoms with Crippen LogP contribution >= 0.6 is 0 Å². The molecule has 0 aliphatic rings. The largest absolute Gasteiger partial charge is 0.396 e. The average molecular weight is 202 g/mol. The van der Waals surface area contributed by atoms with E-state index in [-0.39, 0.29) is 12.7 Å². The highest BCUT2D eigenvalue weighted by molar-refractivity contribution is 4.66. The van der Waals surface area contributed by atoms with Gasteiger partial charge in [-0.1, -0.05) is 33.6 Å². The van der Waals surface area contributed by atoms with Crippen molar-refractivity contribution in [1.82, 2.24) is 0 Å².